The molecular formula is C14H25N3O2. The van der Waals surface area contributed by atoms with E-state index in [2.05, 4.69) is 39.6 Å². The van der Waals surface area contributed by atoms with Gasteiger partial charge in [0.1, 0.15) is 5.82 Å². The second-order valence-corrected chi connectivity index (χ2v) is 6.62. The van der Waals surface area contributed by atoms with Gasteiger partial charge in [0.05, 0.1) is 12.9 Å². The molecule has 0 atom stereocenters. The van der Waals surface area contributed by atoms with Crippen LogP contribution >= 0.6 is 0 Å². The lowest BCUT2D eigenvalue weighted by Crippen LogP contribution is -2.32. The minimum absolute atomic E-state index is 0.157. The quantitative estimate of drug-likeness (QED) is 0.852. The predicted molar refractivity (Wildman–Crippen MR) is 76.0 cm³/mol. The van der Waals surface area contributed by atoms with Crippen molar-refractivity contribution in [3.8, 4) is 0 Å². The van der Waals surface area contributed by atoms with Gasteiger partial charge in [0.2, 0.25) is 0 Å². The number of hydrogen-bond acceptors (Lipinski definition) is 4. The molecule has 1 aromatic heterocycles. The van der Waals surface area contributed by atoms with E-state index in [9.17, 15) is 4.79 Å². The third-order valence-electron chi connectivity index (χ3n) is 2.89. The Morgan fingerprint density at radius 1 is 1.37 bits per heavy atom. The zero-order valence-corrected chi connectivity index (χ0v) is 12.8. The fourth-order valence-electron chi connectivity index (χ4n) is 2.58. The summed E-state index contributed by atoms with van der Waals surface area (Å²) in [5, 5.41) is 0. The lowest BCUT2D eigenvalue weighted by Gasteiger charge is -2.34. The zero-order valence-electron chi connectivity index (χ0n) is 12.8. The van der Waals surface area contributed by atoms with Crippen molar-refractivity contribution in [2.75, 3.05) is 12.3 Å². The van der Waals surface area contributed by atoms with Crippen LogP contribution in [-0.2, 0) is 10.3 Å². The Kier molecular flexibility index (Phi) is 4.28. The zero-order chi connectivity index (χ0) is 14.8. The van der Waals surface area contributed by atoms with Crippen LogP contribution < -0.4 is 5.73 Å². The Hall–Kier alpha value is -1.52. The van der Waals surface area contributed by atoms with E-state index in [1.54, 1.807) is 13.3 Å². The second-order valence-electron chi connectivity index (χ2n) is 6.62. The van der Waals surface area contributed by atoms with Crippen LogP contribution in [0.3, 0.4) is 0 Å². The van der Waals surface area contributed by atoms with Crippen molar-refractivity contribution in [3.63, 3.8) is 0 Å². The average molecular weight is 267 g/mol. The van der Waals surface area contributed by atoms with Crippen molar-refractivity contribution in [3.05, 3.63) is 12.0 Å². The van der Waals surface area contributed by atoms with E-state index in [-0.39, 0.29) is 16.6 Å². The maximum atomic E-state index is 11.7. The van der Waals surface area contributed by atoms with Crippen molar-refractivity contribution in [1.82, 2.24) is 9.55 Å². The Morgan fingerprint density at radius 2 is 1.95 bits per heavy atom. The molecule has 0 fully saturated rings. The van der Waals surface area contributed by atoms with Crippen LogP contribution in [0.15, 0.2) is 6.33 Å². The summed E-state index contributed by atoms with van der Waals surface area (Å²) in [5.41, 5.74) is 6.19. The largest absolute Gasteiger partial charge is 0.461 e. The third-order valence-corrected chi connectivity index (χ3v) is 2.89. The van der Waals surface area contributed by atoms with Gasteiger partial charge in [-0.25, -0.2) is 9.78 Å². The van der Waals surface area contributed by atoms with Gasteiger partial charge in [-0.1, -0.05) is 20.8 Å². The highest BCUT2D eigenvalue weighted by atomic mass is 16.5. The SMILES string of the molecule is CCOC(=O)c1ncn(C(C)(C)CC(C)(C)C)c1N. The minimum Gasteiger partial charge on any atom is -0.461 e. The van der Waals surface area contributed by atoms with Crippen molar-refractivity contribution < 1.29 is 9.53 Å². The van der Waals surface area contributed by atoms with Crippen LogP contribution in [0.2, 0.25) is 0 Å². The summed E-state index contributed by atoms with van der Waals surface area (Å²) in [5.74, 6) is -0.0991. The number of anilines is 1. The lowest BCUT2D eigenvalue weighted by molar-refractivity contribution is 0.0521. The lowest BCUT2D eigenvalue weighted by atomic mass is 9.81. The van der Waals surface area contributed by atoms with Gasteiger partial charge >= 0.3 is 5.97 Å². The number of carbonyl (C=O) groups excluding carboxylic acids is 1. The molecule has 5 heteroatoms. The number of rotatable bonds is 4. The van der Waals surface area contributed by atoms with Crippen molar-refractivity contribution in [2.45, 2.75) is 53.5 Å². The number of carbonyl (C=O) groups is 1. The second kappa shape index (κ2) is 5.23. The number of ether oxygens (including phenoxy) is 1. The molecule has 0 bridgehead atoms. The number of hydrogen-bond donors (Lipinski definition) is 1. The smallest absolute Gasteiger partial charge is 0.360 e. The molecule has 1 heterocycles. The summed E-state index contributed by atoms with van der Waals surface area (Å²) in [4.78, 5) is 15.8. The molecule has 0 aromatic carbocycles. The van der Waals surface area contributed by atoms with Gasteiger partial charge in [-0.3, -0.25) is 0 Å². The summed E-state index contributed by atoms with van der Waals surface area (Å²) in [6, 6.07) is 0. The van der Waals surface area contributed by atoms with Crippen molar-refractivity contribution >= 4 is 11.8 Å². The standard InChI is InChI=1S/C14H25N3O2/c1-7-19-12(18)10-11(15)17(9-16-10)14(5,6)8-13(2,3)4/h9H,7-8,15H2,1-6H3. The van der Waals surface area contributed by atoms with E-state index < -0.39 is 5.97 Å². The van der Waals surface area contributed by atoms with Gasteiger partial charge in [-0.2, -0.15) is 0 Å². The molecule has 0 unspecified atom stereocenters. The molecule has 0 spiro atoms. The molecule has 1 rings (SSSR count). The van der Waals surface area contributed by atoms with Crippen molar-refractivity contribution in [1.29, 1.82) is 0 Å². The number of aromatic nitrogens is 2. The first-order valence-corrected chi connectivity index (χ1v) is 6.59. The van der Waals surface area contributed by atoms with Gasteiger partial charge in [0.15, 0.2) is 5.69 Å². The first kappa shape index (κ1) is 15.5. The first-order valence-electron chi connectivity index (χ1n) is 6.59. The molecule has 0 radical (unpaired) electrons. The summed E-state index contributed by atoms with van der Waals surface area (Å²) in [6.07, 6.45) is 2.54. The molecule has 0 amide bonds. The normalized spacial score (nSPS) is 12.5. The molecule has 0 saturated heterocycles. The molecule has 19 heavy (non-hydrogen) atoms. The van der Waals surface area contributed by atoms with E-state index in [1.165, 1.54) is 0 Å². The predicted octanol–water partition coefficient (Wildman–Crippen LogP) is 2.81. The van der Waals surface area contributed by atoms with E-state index in [1.807, 2.05) is 4.57 Å². The van der Waals surface area contributed by atoms with Gasteiger partial charge in [-0.05, 0) is 32.6 Å². The van der Waals surface area contributed by atoms with E-state index in [4.69, 9.17) is 10.5 Å². The number of nitrogen functional groups attached to an aromatic ring is 1. The summed E-state index contributed by atoms with van der Waals surface area (Å²) in [7, 11) is 0. The highest BCUT2D eigenvalue weighted by molar-refractivity contribution is 5.92. The van der Waals surface area contributed by atoms with E-state index in [0.717, 1.165) is 6.42 Å². The first-order chi connectivity index (χ1) is 8.58. The monoisotopic (exact) mass is 267 g/mol. The molecule has 0 aliphatic rings. The van der Waals surface area contributed by atoms with Crippen LogP contribution in [0.1, 0.15) is 58.5 Å². The Labute approximate surface area is 115 Å². The molecule has 0 aliphatic carbocycles. The third kappa shape index (κ3) is 3.72. The Morgan fingerprint density at radius 3 is 2.42 bits per heavy atom. The maximum Gasteiger partial charge on any atom is 0.360 e. The fourth-order valence-corrected chi connectivity index (χ4v) is 2.58. The molecule has 0 saturated carbocycles. The number of nitrogens with zero attached hydrogens (tertiary/aromatic N) is 2. The maximum absolute atomic E-state index is 11.7. The van der Waals surface area contributed by atoms with Crippen LogP contribution in [0.5, 0.6) is 0 Å². The summed E-state index contributed by atoms with van der Waals surface area (Å²) >= 11 is 0. The van der Waals surface area contributed by atoms with Crippen LogP contribution in [0, 0.1) is 5.41 Å². The van der Waals surface area contributed by atoms with Gasteiger partial charge in [0.25, 0.3) is 0 Å². The highest BCUT2D eigenvalue weighted by Crippen LogP contribution is 2.34. The number of nitrogens with two attached hydrogens (primary N) is 1. The molecule has 1 aromatic rings. The van der Waals surface area contributed by atoms with Crippen molar-refractivity contribution in [2.24, 2.45) is 5.41 Å². The molecular weight excluding hydrogens is 242 g/mol. The minimum atomic E-state index is -0.467. The average Bonchev–Trinajstić information content (AvgIpc) is 2.57. The molecule has 2 N–H and O–H groups in total. The molecule has 0 aliphatic heterocycles. The van der Waals surface area contributed by atoms with E-state index in [0.29, 0.717) is 12.4 Å². The molecule has 108 valence electrons. The topological polar surface area (TPSA) is 70.1 Å². The number of imidazole rings is 1. The van der Waals surface area contributed by atoms with Crippen LogP contribution in [-0.4, -0.2) is 22.1 Å². The highest BCUT2D eigenvalue weighted by Gasteiger charge is 2.30. The van der Waals surface area contributed by atoms with Gasteiger partial charge in [0, 0.05) is 5.54 Å². The van der Waals surface area contributed by atoms with Gasteiger partial charge < -0.3 is 15.0 Å². The fraction of sp³-hybridized carbons (Fsp3) is 0.714. The number of esters is 1. The Bertz CT molecular complexity index is 456. The Balaban J connectivity index is 3.06. The summed E-state index contributed by atoms with van der Waals surface area (Å²) < 4.78 is 6.79. The molecule has 5 nitrogen and oxygen atoms in total. The van der Waals surface area contributed by atoms with E-state index >= 15 is 0 Å². The van der Waals surface area contributed by atoms with Crippen LogP contribution in [0.25, 0.3) is 0 Å². The summed E-state index contributed by atoms with van der Waals surface area (Å²) in [6.45, 7) is 12.8. The van der Waals surface area contributed by atoms with Gasteiger partial charge in [-0.15, -0.1) is 0 Å². The van der Waals surface area contributed by atoms with Crippen LogP contribution in [0.4, 0.5) is 5.82 Å².